The van der Waals surface area contributed by atoms with Crippen molar-refractivity contribution in [2.45, 2.75) is 13.1 Å². The van der Waals surface area contributed by atoms with Gasteiger partial charge in [0.2, 0.25) is 11.8 Å². The fourth-order valence-corrected chi connectivity index (χ4v) is 2.25. The first-order valence-electron chi connectivity index (χ1n) is 6.50. The lowest BCUT2D eigenvalue weighted by molar-refractivity contribution is 0.260. The Morgan fingerprint density at radius 1 is 1.10 bits per heavy atom. The van der Waals surface area contributed by atoms with E-state index in [0.717, 1.165) is 15.8 Å². The summed E-state index contributed by atoms with van der Waals surface area (Å²) in [5.74, 6) is 2.02. The van der Waals surface area contributed by atoms with Crippen LogP contribution in [0.5, 0.6) is 0 Å². The van der Waals surface area contributed by atoms with Crippen molar-refractivity contribution >= 4 is 15.9 Å². The molecule has 0 saturated heterocycles. The highest BCUT2D eigenvalue weighted by molar-refractivity contribution is 9.10. The molecule has 0 saturated carbocycles. The lowest BCUT2D eigenvalue weighted by Crippen LogP contribution is -2.17. The molecule has 0 N–H and O–H groups in total. The van der Waals surface area contributed by atoms with Gasteiger partial charge in [0.25, 0.3) is 0 Å². The van der Waals surface area contributed by atoms with E-state index >= 15 is 0 Å². The molecular formula is C15H14BrN3O2. The van der Waals surface area contributed by atoms with Gasteiger partial charge in [-0.3, -0.25) is 4.90 Å². The van der Waals surface area contributed by atoms with Crippen molar-refractivity contribution in [1.82, 2.24) is 15.1 Å². The molecule has 0 radical (unpaired) electrons. The van der Waals surface area contributed by atoms with Gasteiger partial charge < -0.3 is 8.83 Å². The molecule has 3 aromatic rings. The molecule has 0 atom stereocenters. The summed E-state index contributed by atoms with van der Waals surface area (Å²) in [7, 11) is 1.98. The van der Waals surface area contributed by atoms with E-state index in [9.17, 15) is 0 Å². The minimum absolute atomic E-state index is 0.531. The Labute approximate surface area is 130 Å². The topological polar surface area (TPSA) is 55.3 Å². The molecular weight excluding hydrogens is 334 g/mol. The van der Waals surface area contributed by atoms with E-state index < -0.39 is 0 Å². The van der Waals surface area contributed by atoms with Crippen LogP contribution < -0.4 is 0 Å². The van der Waals surface area contributed by atoms with Crippen LogP contribution in [-0.2, 0) is 13.1 Å². The van der Waals surface area contributed by atoms with Crippen LogP contribution in [0.15, 0.2) is 56.0 Å². The fraction of sp³-hybridized carbons (Fsp3) is 0.200. The van der Waals surface area contributed by atoms with Gasteiger partial charge in [0, 0.05) is 10.0 Å². The van der Waals surface area contributed by atoms with E-state index in [1.165, 1.54) is 0 Å². The largest absolute Gasteiger partial charge is 0.468 e. The molecule has 108 valence electrons. The lowest BCUT2D eigenvalue weighted by atomic mass is 10.2. The third-order valence-corrected chi connectivity index (χ3v) is 3.50. The van der Waals surface area contributed by atoms with Crippen molar-refractivity contribution < 1.29 is 8.83 Å². The summed E-state index contributed by atoms with van der Waals surface area (Å²) in [6.45, 7) is 1.27. The summed E-state index contributed by atoms with van der Waals surface area (Å²) in [5.41, 5.74) is 0.908. The summed E-state index contributed by atoms with van der Waals surface area (Å²) in [6.07, 6.45) is 1.67. The van der Waals surface area contributed by atoms with E-state index in [2.05, 4.69) is 31.0 Å². The number of hydrogen-bond acceptors (Lipinski definition) is 5. The van der Waals surface area contributed by atoms with Crippen molar-refractivity contribution in [3.63, 3.8) is 0 Å². The minimum atomic E-state index is 0.531. The number of halogens is 1. The van der Waals surface area contributed by atoms with Gasteiger partial charge in [-0.1, -0.05) is 15.9 Å². The van der Waals surface area contributed by atoms with Crippen LogP contribution in [0.4, 0.5) is 0 Å². The predicted molar refractivity (Wildman–Crippen MR) is 81.3 cm³/mol. The highest BCUT2D eigenvalue weighted by atomic mass is 79.9. The Hall–Kier alpha value is -1.92. The van der Waals surface area contributed by atoms with Gasteiger partial charge in [-0.2, -0.15) is 0 Å². The highest BCUT2D eigenvalue weighted by Gasteiger charge is 2.11. The normalized spacial score (nSPS) is 11.2. The monoisotopic (exact) mass is 347 g/mol. The van der Waals surface area contributed by atoms with Crippen molar-refractivity contribution in [3.8, 4) is 11.5 Å². The van der Waals surface area contributed by atoms with Crippen LogP contribution in [0.3, 0.4) is 0 Å². The molecule has 0 fully saturated rings. The zero-order valence-electron chi connectivity index (χ0n) is 11.5. The second-order valence-corrected chi connectivity index (χ2v) is 5.68. The Morgan fingerprint density at radius 2 is 1.90 bits per heavy atom. The second-order valence-electron chi connectivity index (χ2n) is 4.76. The SMILES string of the molecule is CN(Cc1ccco1)Cc1nnc(-c2ccc(Br)cc2)o1. The third-order valence-electron chi connectivity index (χ3n) is 2.97. The Morgan fingerprint density at radius 3 is 2.62 bits per heavy atom. The Bertz CT molecular complexity index is 692. The van der Waals surface area contributed by atoms with Crippen LogP contribution in [-0.4, -0.2) is 22.1 Å². The number of benzene rings is 1. The lowest BCUT2D eigenvalue weighted by Gasteiger charge is -2.11. The van der Waals surface area contributed by atoms with E-state index in [0.29, 0.717) is 24.9 Å². The molecule has 3 rings (SSSR count). The molecule has 5 nitrogen and oxygen atoms in total. The smallest absolute Gasteiger partial charge is 0.247 e. The number of rotatable bonds is 5. The summed E-state index contributed by atoms with van der Waals surface area (Å²) in [6, 6.07) is 11.6. The Balaban J connectivity index is 1.66. The molecule has 0 bridgehead atoms. The molecule has 2 aromatic heterocycles. The quantitative estimate of drug-likeness (QED) is 0.703. The summed E-state index contributed by atoms with van der Waals surface area (Å²) < 4.78 is 12.0. The first-order chi connectivity index (χ1) is 10.2. The maximum absolute atomic E-state index is 5.69. The number of furan rings is 1. The van der Waals surface area contributed by atoms with Crippen LogP contribution in [0.2, 0.25) is 0 Å². The highest BCUT2D eigenvalue weighted by Crippen LogP contribution is 2.21. The van der Waals surface area contributed by atoms with Crippen LogP contribution in [0.1, 0.15) is 11.7 Å². The van der Waals surface area contributed by atoms with Crippen molar-refractivity contribution in [3.05, 3.63) is 58.8 Å². The van der Waals surface area contributed by atoms with Gasteiger partial charge in [0.05, 0.1) is 19.4 Å². The summed E-state index contributed by atoms with van der Waals surface area (Å²) in [4.78, 5) is 2.05. The molecule has 0 unspecified atom stereocenters. The van der Waals surface area contributed by atoms with Gasteiger partial charge in [-0.15, -0.1) is 10.2 Å². The fourth-order valence-electron chi connectivity index (χ4n) is 1.98. The van der Waals surface area contributed by atoms with Crippen molar-refractivity contribution in [2.75, 3.05) is 7.05 Å². The van der Waals surface area contributed by atoms with E-state index in [1.54, 1.807) is 6.26 Å². The molecule has 0 aliphatic carbocycles. The first kappa shape index (κ1) is 14.0. The van der Waals surface area contributed by atoms with E-state index in [4.69, 9.17) is 8.83 Å². The van der Waals surface area contributed by atoms with Crippen LogP contribution in [0, 0.1) is 0 Å². The molecule has 0 spiro atoms. The minimum Gasteiger partial charge on any atom is -0.468 e. The molecule has 6 heteroatoms. The molecule has 0 amide bonds. The molecule has 0 aliphatic heterocycles. The van der Waals surface area contributed by atoms with Crippen LogP contribution in [0.25, 0.3) is 11.5 Å². The van der Waals surface area contributed by atoms with Crippen molar-refractivity contribution in [2.24, 2.45) is 0 Å². The predicted octanol–water partition coefficient (Wildman–Crippen LogP) is 3.72. The number of aromatic nitrogens is 2. The maximum atomic E-state index is 5.69. The Kier molecular flexibility index (Phi) is 4.17. The van der Waals surface area contributed by atoms with Gasteiger partial charge in [-0.05, 0) is 43.4 Å². The molecule has 1 aromatic carbocycles. The zero-order valence-corrected chi connectivity index (χ0v) is 13.1. The molecule has 21 heavy (non-hydrogen) atoms. The van der Waals surface area contributed by atoms with E-state index in [-0.39, 0.29) is 0 Å². The summed E-state index contributed by atoms with van der Waals surface area (Å²) >= 11 is 3.40. The van der Waals surface area contributed by atoms with Gasteiger partial charge >= 0.3 is 0 Å². The maximum Gasteiger partial charge on any atom is 0.247 e. The average molecular weight is 348 g/mol. The number of nitrogens with zero attached hydrogens (tertiary/aromatic N) is 3. The van der Waals surface area contributed by atoms with Gasteiger partial charge in [-0.25, -0.2) is 0 Å². The van der Waals surface area contributed by atoms with Crippen molar-refractivity contribution in [1.29, 1.82) is 0 Å². The molecule has 2 heterocycles. The van der Waals surface area contributed by atoms with Gasteiger partial charge in [0.15, 0.2) is 0 Å². The second kappa shape index (κ2) is 6.24. The standard InChI is InChI=1S/C15H14BrN3O2/c1-19(9-13-3-2-8-20-13)10-14-17-18-15(21-14)11-4-6-12(16)7-5-11/h2-8H,9-10H2,1H3. The van der Waals surface area contributed by atoms with E-state index in [1.807, 2.05) is 43.4 Å². The summed E-state index contributed by atoms with van der Waals surface area (Å²) in [5, 5.41) is 8.17. The average Bonchev–Trinajstić information content (AvgIpc) is 3.11. The molecule has 0 aliphatic rings. The van der Waals surface area contributed by atoms with Gasteiger partial charge in [0.1, 0.15) is 5.76 Å². The zero-order chi connectivity index (χ0) is 14.7. The number of hydrogen-bond donors (Lipinski definition) is 0. The first-order valence-corrected chi connectivity index (χ1v) is 7.29. The third kappa shape index (κ3) is 3.59. The van der Waals surface area contributed by atoms with Crippen LogP contribution >= 0.6 is 15.9 Å².